The van der Waals surface area contributed by atoms with Gasteiger partial charge >= 0.3 is 0 Å². The van der Waals surface area contributed by atoms with Crippen molar-refractivity contribution in [1.29, 1.82) is 0 Å². The second kappa shape index (κ2) is 11.6. The van der Waals surface area contributed by atoms with E-state index in [0.29, 0.717) is 24.4 Å². The molecule has 8 heteroatoms. The number of hydrogen-bond acceptors (Lipinski definition) is 5. The minimum atomic E-state index is -0.810. The van der Waals surface area contributed by atoms with Crippen molar-refractivity contribution in [2.45, 2.75) is 19.0 Å². The van der Waals surface area contributed by atoms with E-state index >= 15 is 0 Å². The van der Waals surface area contributed by atoms with E-state index in [1.165, 1.54) is 4.90 Å². The summed E-state index contributed by atoms with van der Waals surface area (Å²) in [6.07, 6.45) is 1.93. The Bertz CT molecular complexity index is 1580. The van der Waals surface area contributed by atoms with Crippen LogP contribution in [0.15, 0.2) is 103 Å². The Labute approximate surface area is 226 Å². The number of carbonyl (C=O) groups excluding carboxylic acids is 2. The summed E-state index contributed by atoms with van der Waals surface area (Å²) in [5, 5.41) is 13.4. The van der Waals surface area contributed by atoms with Gasteiger partial charge < -0.3 is 15.0 Å². The Morgan fingerprint density at radius 2 is 1.64 bits per heavy atom. The first-order chi connectivity index (χ1) is 19.0. The number of fused-ring (bicyclic) bond motifs is 1. The molecule has 0 saturated carbocycles. The quantitative estimate of drug-likeness (QED) is 0.310. The Kier molecular flexibility index (Phi) is 7.63. The van der Waals surface area contributed by atoms with E-state index < -0.39 is 11.9 Å². The van der Waals surface area contributed by atoms with Crippen LogP contribution in [0.25, 0.3) is 10.8 Å². The summed E-state index contributed by atoms with van der Waals surface area (Å²) in [5.41, 5.74) is 2.84. The number of anilines is 1. The van der Waals surface area contributed by atoms with Gasteiger partial charge in [-0.15, -0.1) is 5.10 Å². The van der Waals surface area contributed by atoms with Crippen LogP contribution in [0.5, 0.6) is 5.75 Å². The number of nitrogens with one attached hydrogen (secondary N) is 1. The van der Waals surface area contributed by atoms with Gasteiger partial charge in [0, 0.05) is 19.2 Å². The molecule has 0 saturated heterocycles. The van der Waals surface area contributed by atoms with Gasteiger partial charge in [0.05, 0.1) is 19.9 Å². The lowest BCUT2D eigenvalue weighted by Gasteiger charge is -2.25. The fraction of sp³-hybridized carbons (Fsp3) is 0.161. The van der Waals surface area contributed by atoms with Crippen LogP contribution < -0.4 is 15.0 Å². The molecule has 196 valence electrons. The van der Waals surface area contributed by atoms with Crippen LogP contribution in [0, 0.1) is 0 Å². The van der Waals surface area contributed by atoms with Gasteiger partial charge in [-0.2, -0.15) is 0 Å². The topological polar surface area (TPSA) is 89.4 Å². The molecule has 5 rings (SSSR count). The number of ether oxygens (including phenoxy) is 1. The number of carbonyl (C=O) groups is 2. The molecule has 39 heavy (non-hydrogen) atoms. The summed E-state index contributed by atoms with van der Waals surface area (Å²) in [5.74, 6) is -0.0163. The van der Waals surface area contributed by atoms with Crippen molar-refractivity contribution >= 4 is 28.3 Å². The molecule has 0 radical (unpaired) electrons. The average molecular weight is 520 g/mol. The number of amides is 2. The predicted molar refractivity (Wildman–Crippen MR) is 151 cm³/mol. The number of methoxy groups -OCH3 is 1. The third-order valence-electron chi connectivity index (χ3n) is 6.66. The Balaban J connectivity index is 1.34. The monoisotopic (exact) mass is 519 g/mol. The number of benzene rings is 4. The van der Waals surface area contributed by atoms with Gasteiger partial charge in [-0.05, 0) is 46.2 Å². The molecular formula is C31H29N5O3. The highest BCUT2D eigenvalue weighted by Gasteiger charge is 2.27. The van der Waals surface area contributed by atoms with Gasteiger partial charge in [0.25, 0.3) is 5.91 Å². The second-order valence-electron chi connectivity index (χ2n) is 9.25. The zero-order chi connectivity index (χ0) is 27.2. The molecule has 1 aromatic heterocycles. The third kappa shape index (κ3) is 5.96. The van der Waals surface area contributed by atoms with E-state index in [4.69, 9.17) is 4.74 Å². The number of nitrogens with zero attached hydrogens (tertiary/aromatic N) is 4. The van der Waals surface area contributed by atoms with Crippen LogP contribution in [0.1, 0.15) is 21.6 Å². The molecule has 1 N–H and O–H groups in total. The number of aromatic nitrogens is 3. The van der Waals surface area contributed by atoms with E-state index in [2.05, 4.69) is 33.8 Å². The van der Waals surface area contributed by atoms with Crippen molar-refractivity contribution in [2.24, 2.45) is 0 Å². The van der Waals surface area contributed by atoms with Gasteiger partial charge in [0.15, 0.2) is 5.69 Å². The maximum Gasteiger partial charge on any atom is 0.274 e. The van der Waals surface area contributed by atoms with Crippen molar-refractivity contribution in [1.82, 2.24) is 20.3 Å². The molecule has 0 aliphatic heterocycles. The van der Waals surface area contributed by atoms with Crippen LogP contribution in [-0.2, 0) is 17.8 Å². The van der Waals surface area contributed by atoms with Gasteiger partial charge in [-0.1, -0.05) is 78.0 Å². The Hall–Kier alpha value is -4.98. The minimum absolute atomic E-state index is 0.146. The highest BCUT2D eigenvalue weighted by atomic mass is 16.5. The first-order valence-electron chi connectivity index (χ1n) is 12.6. The molecule has 0 bridgehead atoms. The SMILES string of the molecule is COc1ccc(N(C)C(=O)[C@H](Cc2ccccc2)NC(=O)c2cn(Cc3cccc4ccccc34)nn2)cc1. The summed E-state index contributed by atoms with van der Waals surface area (Å²) < 4.78 is 6.86. The molecule has 0 spiro atoms. The largest absolute Gasteiger partial charge is 0.497 e. The van der Waals surface area contributed by atoms with Crippen LogP contribution in [0.3, 0.4) is 0 Å². The van der Waals surface area contributed by atoms with Crippen molar-refractivity contribution < 1.29 is 14.3 Å². The molecular weight excluding hydrogens is 490 g/mol. The second-order valence-corrected chi connectivity index (χ2v) is 9.25. The van der Waals surface area contributed by atoms with Crippen LogP contribution in [-0.4, -0.2) is 47.0 Å². The highest BCUT2D eigenvalue weighted by Crippen LogP contribution is 2.21. The molecule has 2 amide bonds. The summed E-state index contributed by atoms with van der Waals surface area (Å²) in [7, 11) is 3.28. The standard InChI is InChI=1S/C31H29N5O3/c1-35(25-15-17-26(39-2)18-16-25)31(38)28(19-22-9-4-3-5-10-22)32-30(37)29-21-36(34-33-29)20-24-13-8-12-23-11-6-7-14-27(23)24/h3-18,21,28H,19-20H2,1-2H3,(H,32,37)/t28-/m0/s1. The number of rotatable bonds is 9. The number of hydrogen-bond donors (Lipinski definition) is 1. The van der Waals surface area contributed by atoms with Crippen molar-refractivity contribution in [3.8, 4) is 5.75 Å². The van der Waals surface area contributed by atoms with Crippen LogP contribution in [0.4, 0.5) is 5.69 Å². The average Bonchev–Trinajstić information content (AvgIpc) is 3.45. The Morgan fingerprint density at radius 1 is 0.923 bits per heavy atom. The lowest BCUT2D eigenvalue weighted by atomic mass is 10.0. The first-order valence-corrected chi connectivity index (χ1v) is 12.6. The molecule has 8 nitrogen and oxygen atoms in total. The van der Waals surface area contributed by atoms with E-state index in [0.717, 1.165) is 21.9 Å². The van der Waals surface area contributed by atoms with Crippen LogP contribution >= 0.6 is 0 Å². The normalized spacial score (nSPS) is 11.6. The molecule has 4 aromatic carbocycles. The maximum atomic E-state index is 13.6. The predicted octanol–water partition coefficient (Wildman–Crippen LogP) is 4.49. The molecule has 1 atom stereocenters. The minimum Gasteiger partial charge on any atom is -0.497 e. The van der Waals surface area contributed by atoms with Gasteiger partial charge in [0.2, 0.25) is 5.91 Å². The zero-order valence-electron chi connectivity index (χ0n) is 21.8. The van der Waals surface area contributed by atoms with E-state index in [1.807, 2.05) is 54.6 Å². The third-order valence-corrected chi connectivity index (χ3v) is 6.66. The lowest BCUT2D eigenvalue weighted by molar-refractivity contribution is -0.120. The summed E-state index contributed by atoms with van der Waals surface area (Å²) >= 11 is 0. The first kappa shape index (κ1) is 25.7. The van der Waals surface area contributed by atoms with Crippen molar-refractivity contribution in [3.05, 3.63) is 120 Å². The Morgan fingerprint density at radius 3 is 2.41 bits per heavy atom. The smallest absolute Gasteiger partial charge is 0.274 e. The van der Waals surface area contributed by atoms with Crippen LogP contribution in [0.2, 0.25) is 0 Å². The molecule has 5 aromatic rings. The summed E-state index contributed by atoms with van der Waals surface area (Å²) in [4.78, 5) is 28.4. The fourth-order valence-electron chi connectivity index (χ4n) is 4.53. The van der Waals surface area contributed by atoms with Gasteiger partial charge in [-0.3, -0.25) is 9.59 Å². The highest BCUT2D eigenvalue weighted by molar-refractivity contribution is 6.01. The molecule has 0 aliphatic rings. The molecule has 0 fully saturated rings. The van der Waals surface area contributed by atoms with E-state index in [1.54, 1.807) is 49.3 Å². The fourth-order valence-corrected chi connectivity index (χ4v) is 4.53. The van der Waals surface area contributed by atoms with Gasteiger partial charge in [-0.25, -0.2) is 4.68 Å². The van der Waals surface area contributed by atoms with Crippen molar-refractivity contribution in [2.75, 3.05) is 19.1 Å². The van der Waals surface area contributed by atoms with E-state index in [-0.39, 0.29) is 11.6 Å². The molecule has 1 heterocycles. The molecule has 0 unspecified atom stereocenters. The van der Waals surface area contributed by atoms with Crippen molar-refractivity contribution in [3.63, 3.8) is 0 Å². The molecule has 0 aliphatic carbocycles. The summed E-state index contributed by atoms with van der Waals surface area (Å²) in [6, 6.07) is 30.2. The number of likely N-dealkylation sites (N-methyl/N-ethyl adjacent to an activating group) is 1. The summed E-state index contributed by atoms with van der Waals surface area (Å²) in [6.45, 7) is 0.466. The maximum absolute atomic E-state index is 13.6. The lowest BCUT2D eigenvalue weighted by Crippen LogP contribution is -2.48. The van der Waals surface area contributed by atoms with Gasteiger partial charge in [0.1, 0.15) is 11.8 Å². The van der Waals surface area contributed by atoms with E-state index in [9.17, 15) is 9.59 Å². The zero-order valence-corrected chi connectivity index (χ0v) is 21.8.